The molecule has 5 heteroatoms. The fraction of sp³-hybridized carbons (Fsp3) is 0.222. The molecule has 1 aromatic carbocycles. The third-order valence-corrected chi connectivity index (χ3v) is 1.68. The topological polar surface area (TPSA) is 61.5 Å². The summed E-state index contributed by atoms with van der Waals surface area (Å²) in [6.45, 7) is 0. The van der Waals surface area contributed by atoms with E-state index < -0.39 is 11.8 Å². The summed E-state index contributed by atoms with van der Waals surface area (Å²) in [5, 5.41) is 0. The molecular formula is C9H10FNO3. The molecule has 2 N–H and O–H groups in total. The van der Waals surface area contributed by atoms with Crippen LogP contribution in [0.5, 0.6) is 5.75 Å². The van der Waals surface area contributed by atoms with E-state index in [0.717, 1.165) is 6.07 Å². The van der Waals surface area contributed by atoms with Crippen molar-refractivity contribution in [2.45, 2.75) is 0 Å². The number of carbonyl (C=O) groups is 1. The van der Waals surface area contributed by atoms with E-state index in [-0.39, 0.29) is 17.0 Å². The molecule has 0 heterocycles. The van der Waals surface area contributed by atoms with Crippen LogP contribution in [0.2, 0.25) is 0 Å². The van der Waals surface area contributed by atoms with Crippen LogP contribution in [0, 0.1) is 5.82 Å². The first-order valence-corrected chi connectivity index (χ1v) is 3.81. The third kappa shape index (κ3) is 1.76. The molecule has 1 rings (SSSR count). The van der Waals surface area contributed by atoms with Gasteiger partial charge in [0.1, 0.15) is 5.56 Å². The summed E-state index contributed by atoms with van der Waals surface area (Å²) >= 11 is 0. The Hall–Kier alpha value is -1.78. The number of anilines is 1. The third-order valence-electron chi connectivity index (χ3n) is 1.68. The quantitative estimate of drug-likeness (QED) is 0.574. The number of ether oxygens (including phenoxy) is 2. The number of benzene rings is 1. The van der Waals surface area contributed by atoms with Crippen molar-refractivity contribution in [1.82, 2.24) is 0 Å². The molecule has 1 aromatic rings. The van der Waals surface area contributed by atoms with Crippen molar-refractivity contribution >= 4 is 11.7 Å². The van der Waals surface area contributed by atoms with Crippen LogP contribution in [0.3, 0.4) is 0 Å². The standard InChI is InChI=1S/C9H10FNO3/c1-13-8-6(9(12)14-2)3-5(11)4-7(8)10/h3-4H,11H2,1-2H3. The second-order valence-electron chi connectivity index (χ2n) is 2.58. The summed E-state index contributed by atoms with van der Waals surface area (Å²) in [4.78, 5) is 11.2. The van der Waals surface area contributed by atoms with Crippen LogP contribution in [0.4, 0.5) is 10.1 Å². The zero-order chi connectivity index (χ0) is 10.7. The van der Waals surface area contributed by atoms with E-state index in [2.05, 4.69) is 4.74 Å². The number of carbonyl (C=O) groups excluding carboxylic acids is 1. The van der Waals surface area contributed by atoms with Crippen LogP contribution in [0.1, 0.15) is 10.4 Å². The van der Waals surface area contributed by atoms with Gasteiger partial charge in [0.2, 0.25) is 0 Å². The Morgan fingerprint density at radius 3 is 2.57 bits per heavy atom. The maximum Gasteiger partial charge on any atom is 0.341 e. The molecule has 0 bridgehead atoms. The smallest absolute Gasteiger partial charge is 0.341 e. The number of nitrogens with two attached hydrogens (primary N) is 1. The van der Waals surface area contributed by atoms with Crippen LogP contribution >= 0.6 is 0 Å². The molecule has 0 saturated carbocycles. The fourth-order valence-corrected chi connectivity index (χ4v) is 1.08. The van der Waals surface area contributed by atoms with Gasteiger partial charge in [-0.3, -0.25) is 0 Å². The van der Waals surface area contributed by atoms with Crippen molar-refractivity contribution in [1.29, 1.82) is 0 Å². The minimum absolute atomic E-state index is 0.0208. The second-order valence-corrected chi connectivity index (χ2v) is 2.58. The van der Waals surface area contributed by atoms with Gasteiger partial charge in [-0.25, -0.2) is 9.18 Å². The number of methoxy groups -OCH3 is 2. The van der Waals surface area contributed by atoms with Gasteiger partial charge in [0, 0.05) is 11.8 Å². The molecule has 0 spiro atoms. The van der Waals surface area contributed by atoms with Gasteiger partial charge >= 0.3 is 5.97 Å². The first-order valence-electron chi connectivity index (χ1n) is 3.81. The Labute approximate surface area is 80.4 Å². The molecule has 0 radical (unpaired) electrons. The first kappa shape index (κ1) is 10.3. The van der Waals surface area contributed by atoms with Crippen molar-refractivity contribution < 1.29 is 18.7 Å². The van der Waals surface area contributed by atoms with Gasteiger partial charge in [0.05, 0.1) is 14.2 Å². The van der Waals surface area contributed by atoms with Crippen molar-refractivity contribution in [2.24, 2.45) is 0 Å². The van der Waals surface area contributed by atoms with Crippen LogP contribution in [-0.4, -0.2) is 20.2 Å². The molecule has 0 fully saturated rings. The molecule has 4 nitrogen and oxygen atoms in total. The monoisotopic (exact) mass is 199 g/mol. The lowest BCUT2D eigenvalue weighted by molar-refractivity contribution is 0.0596. The predicted octanol–water partition coefficient (Wildman–Crippen LogP) is 1.20. The zero-order valence-corrected chi connectivity index (χ0v) is 7.83. The van der Waals surface area contributed by atoms with Gasteiger partial charge in [0.25, 0.3) is 0 Å². The van der Waals surface area contributed by atoms with Crippen LogP contribution in [-0.2, 0) is 4.74 Å². The first-order chi connectivity index (χ1) is 6.60. The minimum atomic E-state index is -0.687. The SMILES string of the molecule is COC(=O)c1cc(N)cc(F)c1OC. The molecule has 0 aromatic heterocycles. The Balaban J connectivity index is 3.32. The number of hydrogen-bond donors (Lipinski definition) is 1. The molecule has 76 valence electrons. The number of halogens is 1. The molecule has 0 unspecified atom stereocenters. The molecule has 0 aliphatic carbocycles. The van der Waals surface area contributed by atoms with E-state index in [4.69, 9.17) is 10.5 Å². The zero-order valence-electron chi connectivity index (χ0n) is 7.83. The maximum absolute atomic E-state index is 13.2. The Bertz CT molecular complexity index is 365. The van der Waals surface area contributed by atoms with E-state index in [1.807, 2.05) is 0 Å². The lowest BCUT2D eigenvalue weighted by atomic mass is 10.1. The lowest BCUT2D eigenvalue weighted by Crippen LogP contribution is -2.06. The van der Waals surface area contributed by atoms with Gasteiger partial charge in [0.15, 0.2) is 11.6 Å². The van der Waals surface area contributed by atoms with Gasteiger partial charge < -0.3 is 15.2 Å². The summed E-state index contributed by atoms with van der Waals surface area (Å²) in [5.41, 5.74) is 5.49. The highest BCUT2D eigenvalue weighted by molar-refractivity contribution is 5.93. The van der Waals surface area contributed by atoms with Crippen LogP contribution < -0.4 is 10.5 Å². The van der Waals surface area contributed by atoms with Gasteiger partial charge in [-0.05, 0) is 6.07 Å². The summed E-state index contributed by atoms with van der Waals surface area (Å²) in [6, 6.07) is 2.37. The van der Waals surface area contributed by atoms with E-state index >= 15 is 0 Å². The predicted molar refractivity (Wildman–Crippen MR) is 48.7 cm³/mol. The van der Waals surface area contributed by atoms with Gasteiger partial charge in [-0.1, -0.05) is 0 Å². The largest absolute Gasteiger partial charge is 0.493 e. The molecule has 14 heavy (non-hydrogen) atoms. The minimum Gasteiger partial charge on any atom is -0.493 e. The number of esters is 1. The van der Waals surface area contributed by atoms with Gasteiger partial charge in [-0.2, -0.15) is 0 Å². The highest BCUT2D eigenvalue weighted by atomic mass is 19.1. The highest BCUT2D eigenvalue weighted by Gasteiger charge is 2.17. The van der Waals surface area contributed by atoms with E-state index in [1.54, 1.807) is 0 Å². The number of nitrogen functional groups attached to an aromatic ring is 1. The number of hydrogen-bond acceptors (Lipinski definition) is 4. The normalized spacial score (nSPS) is 9.64. The van der Waals surface area contributed by atoms with Crippen LogP contribution in [0.15, 0.2) is 12.1 Å². The Morgan fingerprint density at radius 2 is 2.07 bits per heavy atom. The molecule has 0 aliphatic rings. The second kappa shape index (κ2) is 3.95. The fourth-order valence-electron chi connectivity index (χ4n) is 1.08. The average Bonchev–Trinajstić information content (AvgIpc) is 2.15. The molecule has 0 aliphatic heterocycles. The van der Waals surface area contributed by atoms with Crippen molar-refractivity contribution in [3.05, 3.63) is 23.5 Å². The van der Waals surface area contributed by atoms with E-state index in [1.165, 1.54) is 20.3 Å². The summed E-state index contributed by atoms with van der Waals surface area (Å²) < 4.78 is 22.4. The van der Waals surface area contributed by atoms with Gasteiger partial charge in [-0.15, -0.1) is 0 Å². The summed E-state index contributed by atoms with van der Waals surface area (Å²) in [7, 11) is 2.46. The lowest BCUT2D eigenvalue weighted by Gasteiger charge is -2.08. The van der Waals surface area contributed by atoms with Crippen molar-refractivity contribution in [2.75, 3.05) is 20.0 Å². The highest BCUT2D eigenvalue weighted by Crippen LogP contribution is 2.25. The Kier molecular flexibility index (Phi) is 2.91. The van der Waals surface area contributed by atoms with Crippen molar-refractivity contribution in [3.8, 4) is 5.75 Å². The summed E-state index contributed by atoms with van der Waals surface area (Å²) in [6.07, 6.45) is 0. The van der Waals surface area contributed by atoms with E-state index in [0.29, 0.717) is 0 Å². The molecule has 0 amide bonds. The summed E-state index contributed by atoms with van der Waals surface area (Å²) in [5.74, 6) is -1.54. The number of rotatable bonds is 2. The molecule has 0 saturated heterocycles. The molecular weight excluding hydrogens is 189 g/mol. The van der Waals surface area contributed by atoms with E-state index in [9.17, 15) is 9.18 Å². The maximum atomic E-state index is 13.2. The Morgan fingerprint density at radius 1 is 1.43 bits per heavy atom. The average molecular weight is 199 g/mol. The van der Waals surface area contributed by atoms with Crippen LogP contribution in [0.25, 0.3) is 0 Å². The van der Waals surface area contributed by atoms with Crippen molar-refractivity contribution in [3.63, 3.8) is 0 Å². The molecule has 0 atom stereocenters.